The lowest BCUT2D eigenvalue weighted by atomic mass is 10.1. The summed E-state index contributed by atoms with van der Waals surface area (Å²) in [5.74, 6) is -0.611. The Bertz CT molecular complexity index is 3320. The lowest BCUT2D eigenvalue weighted by Crippen LogP contribution is -2.18. The molecule has 0 fully saturated rings. The predicted octanol–water partition coefficient (Wildman–Crippen LogP) is 5.07. The molecule has 0 saturated carbocycles. The fraction of sp³-hybridized carbons (Fsp3) is 0.114. The third kappa shape index (κ3) is 14.3. The second kappa shape index (κ2) is 19.8. The number of azo groups is 2. The van der Waals surface area contributed by atoms with Crippen LogP contribution in [0.5, 0.6) is 0 Å². The number of rotatable bonds is 15. The van der Waals surface area contributed by atoms with Gasteiger partial charge in [-0.05, 0) is 65.7 Å². The maximum atomic E-state index is 12.4. The van der Waals surface area contributed by atoms with Crippen molar-refractivity contribution in [1.82, 2.24) is 15.0 Å². The minimum absolute atomic E-state index is 0.0233. The van der Waals surface area contributed by atoms with Crippen molar-refractivity contribution in [2.24, 2.45) is 20.5 Å². The maximum Gasteiger partial charge on any atom is 0.425 e. The van der Waals surface area contributed by atoms with Gasteiger partial charge in [0, 0.05) is 30.2 Å². The minimum Gasteiger partial charge on any atom is -0.353 e. The molecule has 0 spiro atoms. The van der Waals surface area contributed by atoms with Gasteiger partial charge in [-0.1, -0.05) is 48.5 Å². The lowest BCUT2D eigenvalue weighted by molar-refractivity contribution is 0.480. The van der Waals surface area contributed by atoms with E-state index in [2.05, 4.69) is 40.7 Å². The fourth-order valence-electron chi connectivity index (χ4n) is 5.55. The summed E-state index contributed by atoms with van der Waals surface area (Å²) >= 11 is 0. The van der Waals surface area contributed by atoms with Crippen LogP contribution in [0.1, 0.15) is 22.8 Å². The summed E-state index contributed by atoms with van der Waals surface area (Å²) in [4.78, 5) is 11.3. The Labute approximate surface area is 359 Å². The molecule has 0 unspecified atom stereocenters. The zero-order chi connectivity index (χ0) is 46.2. The van der Waals surface area contributed by atoms with Gasteiger partial charge in [-0.2, -0.15) is 64.1 Å². The molecule has 1 aromatic heterocycles. The Hall–Kier alpha value is -6.37. The van der Waals surface area contributed by atoms with Crippen molar-refractivity contribution >= 4 is 90.6 Å². The third-order valence-electron chi connectivity index (χ3n) is 8.12. The van der Waals surface area contributed by atoms with Crippen LogP contribution in [0, 0.1) is 0 Å². The van der Waals surface area contributed by atoms with E-state index in [4.69, 9.17) is 12.6 Å². The van der Waals surface area contributed by atoms with E-state index in [9.17, 15) is 51.9 Å². The second-order valence-corrected chi connectivity index (χ2v) is 18.8. The number of nitrogens with zero attached hydrogens (tertiary/aromatic N) is 7. The van der Waals surface area contributed by atoms with Crippen molar-refractivity contribution in [1.29, 1.82) is 0 Å². The summed E-state index contributed by atoms with van der Waals surface area (Å²) in [6, 6.07) is 24.6. The van der Waals surface area contributed by atoms with Gasteiger partial charge >= 0.3 is 10.6 Å². The molecule has 63 heavy (non-hydrogen) atoms. The molecule has 1 heterocycles. The molecule has 330 valence electrons. The molecular weight excluding hydrogens is 933 g/mol. The van der Waals surface area contributed by atoms with Crippen LogP contribution in [0.4, 0.5) is 28.7 Å². The molecule has 0 aliphatic rings. The van der Waals surface area contributed by atoms with E-state index in [0.29, 0.717) is 11.3 Å². The zero-order valence-electron chi connectivity index (χ0n) is 31.6. The molecule has 0 atom stereocenters. The predicted molar refractivity (Wildman–Crippen MR) is 221 cm³/mol. The zero-order valence-corrected chi connectivity index (χ0v) is 35.7. The van der Waals surface area contributed by atoms with Crippen LogP contribution in [0.3, 0.4) is 0 Å². The Balaban J connectivity index is 0.00000179. The van der Waals surface area contributed by atoms with Gasteiger partial charge in [0.1, 0.15) is 21.4 Å². The smallest absolute Gasteiger partial charge is 0.353 e. The quantitative estimate of drug-likeness (QED) is 0.0662. The molecule has 5 N–H and O–H groups in total. The van der Waals surface area contributed by atoms with Gasteiger partial charge in [0.25, 0.3) is 40.5 Å². The number of benzene rings is 5. The van der Waals surface area contributed by atoms with Crippen molar-refractivity contribution in [3.05, 3.63) is 126 Å². The van der Waals surface area contributed by atoms with Crippen molar-refractivity contribution < 1.29 is 64.5 Å². The fourth-order valence-corrected chi connectivity index (χ4v) is 8.08. The number of fused-ring (bicyclic) bond motifs is 1. The molecule has 0 bridgehead atoms. The van der Waals surface area contributed by atoms with E-state index < -0.39 is 71.5 Å². The standard InChI is InChI=1S/C35H30N8O12S4.O3S/c44-56(45,46)16-15-36-35-38-33(37-34(39-35)18-23-11-14-26(20-31(23)58(50,51)52)42-40-24-5-2-1-3-6-24)17-22-9-12-25(13-10-22)41-43-27-19-29-28(32(21-27)59(53,54)55)7-4-8-30(29)57(47,48)49;1-4(2)3/h1-14,19-21H,15-18H2,(H,44,45,46)(H,47,48,49)(H,50,51,52)(H,53,54,55)(H,36,37,38,39);. The number of anilines is 1. The molecule has 5 aromatic carbocycles. The van der Waals surface area contributed by atoms with Gasteiger partial charge in [-0.3, -0.25) is 18.2 Å². The summed E-state index contributed by atoms with van der Waals surface area (Å²) in [6.07, 6.45) is -0.197. The molecule has 0 aliphatic heterocycles. The summed E-state index contributed by atoms with van der Waals surface area (Å²) in [5.41, 5.74) is 1.41. The van der Waals surface area contributed by atoms with Gasteiger partial charge < -0.3 is 5.32 Å². The first-order chi connectivity index (χ1) is 29.4. The Kier molecular flexibility index (Phi) is 15.0. The van der Waals surface area contributed by atoms with E-state index in [1.807, 2.05) is 0 Å². The van der Waals surface area contributed by atoms with E-state index >= 15 is 0 Å². The number of hydrogen-bond donors (Lipinski definition) is 5. The topological polar surface area (TPSA) is 369 Å². The molecule has 6 rings (SSSR count). The van der Waals surface area contributed by atoms with Gasteiger partial charge in [-0.15, -0.1) is 12.6 Å². The van der Waals surface area contributed by atoms with Crippen LogP contribution >= 0.6 is 0 Å². The molecule has 0 aliphatic carbocycles. The summed E-state index contributed by atoms with van der Waals surface area (Å²) in [7, 11) is -21.9. The summed E-state index contributed by atoms with van der Waals surface area (Å²) in [6.45, 7) is -0.293. The van der Waals surface area contributed by atoms with Crippen molar-refractivity contribution in [3.8, 4) is 0 Å². The monoisotopic (exact) mass is 962 g/mol. The van der Waals surface area contributed by atoms with Crippen molar-refractivity contribution in [2.75, 3.05) is 17.6 Å². The molecule has 0 saturated heterocycles. The Morgan fingerprint density at radius 3 is 1.62 bits per heavy atom. The van der Waals surface area contributed by atoms with E-state index in [-0.39, 0.29) is 70.4 Å². The first kappa shape index (κ1) is 47.7. The first-order valence-corrected chi connectivity index (χ1v) is 24.2. The Morgan fingerprint density at radius 1 is 0.508 bits per heavy atom. The van der Waals surface area contributed by atoms with Crippen LogP contribution in [0.25, 0.3) is 10.8 Å². The number of hydrogen-bond acceptors (Lipinski definition) is 19. The van der Waals surface area contributed by atoms with Crippen LogP contribution in [-0.4, -0.2) is 91.8 Å². The Morgan fingerprint density at radius 2 is 1.03 bits per heavy atom. The highest BCUT2D eigenvalue weighted by atomic mass is 32.2. The van der Waals surface area contributed by atoms with Gasteiger partial charge in [0.2, 0.25) is 5.95 Å². The highest BCUT2D eigenvalue weighted by Crippen LogP contribution is 2.34. The lowest BCUT2D eigenvalue weighted by Gasteiger charge is -2.11. The molecule has 0 amide bonds. The average molecular weight is 963 g/mol. The molecule has 0 radical (unpaired) electrons. The summed E-state index contributed by atoms with van der Waals surface area (Å²) in [5, 5.41) is 18.5. The largest absolute Gasteiger partial charge is 0.425 e. The van der Waals surface area contributed by atoms with Crippen LogP contribution in [0.15, 0.2) is 138 Å². The van der Waals surface area contributed by atoms with Crippen LogP contribution in [-0.2, 0) is 63.9 Å². The summed E-state index contributed by atoms with van der Waals surface area (Å²) < 4.78 is 160. The minimum atomic E-state index is -4.87. The molecular formula is C35H30N8O15S5. The normalized spacial score (nSPS) is 12.3. The van der Waals surface area contributed by atoms with Crippen molar-refractivity contribution in [2.45, 2.75) is 27.5 Å². The highest BCUT2D eigenvalue weighted by molar-refractivity contribution is 7.86. The average Bonchev–Trinajstić information content (AvgIpc) is 3.18. The van der Waals surface area contributed by atoms with E-state index in [0.717, 1.165) is 18.2 Å². The maximum absolute atomic E-state index is 12.4. The second-order valence-electron chi connectivity index (χ2n) is 12.7. The molecule has 23 nitrogen and oxygen atoms in total. The first-order valence-electron chi connectivity index (χ1n) is 17.2. The molecule has 28 heteroatoms. The van der Waals surface area contributed by atoms with Gasteiger partial charge in [0.05, 0.1) is 33.4 Å². The van der Waals surface area contributed by atoms with Crippen LogP contribution in [0.2, 0.25) is 0 Å². The number of aromatic nitrogens is 3. The van der Waals surface area contributed by atoms with E-state index in [1.54, 1.807) is 42.5 Å². The van der Waals surface area contributed by atoms with Crippen molar-refractivity contribution in [3.63, 3.8) is 0 Å². The van der Waals surface area contributed by atoms with E-state index in [1.165, 1.54) is 42.5 Å². The molecule has 6 aromatic rings. The van der Waals surface area contributed by atoms with Gasteiger partial charge in [-0.25, -0.2) is 4.98 Å². The highest BCUT2D eigenvalue weighted by Gasteiger charge is 2.22. The SMILES string of the molecule is O=S(=O)(O)CCNc1nc(Cc2ccc(N=Nc3cc(S(=O)(=O)O)c4cccc(S(=O)(=O)O)c4c3)cc2)nc(Cc2ccc(N=Nc3ccccc3)cc2S(=O)(=O)O)n1.O=S(=O)=O. The van der Waals surface area contributed by atoms with Crippen LogP contribution < -0.4 is 5.32 Å². The third-order valence-corrected chi connectivity index (χ3v) is 11.6. The van der Waals surface area contributed by atoms with Gasteiger partial charge in [0.15, 0.2) is 0 Å². The number of nitrogens with one attached hydrogen (secondary N) is 1.